The Hall–Kier alpha value is -1.09. The van der Waals surface area contributed by atoms with Gasteiger partial charge in [0.05, 0.1) is 5.02 Å². The summed E-state index contributed by atoms with van der Waals surface area (Å²) in [5, 5.41) is 11.6. The molecule has 0 fully saturated rings. The van der Waals surface area contributed by atoms with Gasteiger partial charge in [0.1, 0.15) is 11.4 Å². The van der Waals surface area contributed by atoms with Crippen LogP contribution in [0.1, 0.15) is 0 Å². The first-order valence-electron chi connectivity index (χ1n) is 2.56. The molecule has 1 aromatic carbocycles. The van der Waals surface area contributed by atoms with Crippen molar-refractivity contribution in [3.63, 3.8) is 0 Å². The number of nitroso groups, excluding NO2 is 1. The van der Waals surface area contributed by atoms with E-state index in [1.54, 1.807) is 0 Å². The third-order valence-electron chi connectivity index (χ3n) is 1.03. The second-order valence-electron chi connectivity index (χ2n) is 1.73. The van der Waals surface area contributed by atoms with Crippen molar-refractivity contribution in [2.24, 2.45) is 5.18 Å². The second kappa shape index (κ2) is 2.66. The number of benzene rings is 1. The average molecular weight is 158 g/mol. The van der Waals surface area contributed by atoms with E-state index in [1.807, 2.05) is 0 Å². The summed E-state index contributed by atoms with van der Waals surface area (Å²) >= 11 is 5.49. The van der Waals surface area contributed by atoms with Gasteiger partial charge in [0.15, 0.2) is 0 Å². The van der Waals surface area contributed by atoms with E-state index in [4.69, 9.17) is 16.7 Å². The van der Waals surface area contributed by atoms with Gasteiger partial charge in [-0.1, -0.05) is 11.6 Å². The predicted octanol–water partition coefficient (Wildman–Crippen LogP) is 2.44. The fraction of sp³-hybridized carbons (Fsp3) is 0. The lowest BCUT2D eigenvalue weighted by Gasteiger charge is -1.93. The van der Waals surface area contributed by atoms with Crippen molar-refractivity contribution in [2.75, 3.05) is 0 Å². The number of nitrogens with zero attached hydrogens (tertiary/aromatic N) is 1. The molecular weight excluding hydrogens is 154 g/mol. The third-order valence-corrected chi connectivity index (χ3v) is 1.35. The van der Waals surface area contributed by atoms with Crippen LogP contribution in [0.25, 0.3) is 0 Å². The molecule has 0 atom stereocenters. The summed E-state index contributed by atoms with van der Waals surface area (Å²) in [5.41, 5.74) is 0.0571. The van der Waals surface area contributed by atoms with Gasteiger partial charge in [-0.05, 0) is 17.3 Å². The zero-order valence-electron chi connectivity index (χ0n) is 4.91. The maximum atomic E-state index is 9.93. The number of phenols is 1. The normalized spacial score (nSPS) is 9.30. The molecule has 0 heterocycles. The Morgan fingerprint density at radius 1 is 1.50 bits per heavy atom. The highest BCUT2D eigenvalue weighted by Gasteiger charge is 1.99. The van der Waals surface area contributed by atoms with Gasteiger partial charge in [-0.2, -0.15) is 0 Å². The van der Waals surface area contributed by atoms with Crippen molar-refractivity contribution in [1.29, 1.82) is 0 Å². The third kappa shape index (κ3) is 1.25. The standard InChI is InChI=1S/C6H4ClNO2/c7-5-2-1-4(9)3-6(5)8-10/h1-3,9H. The minimum atomic E-state index is -0.0148. The van der Waals surface area contributed by atoms with Crippen LogP contribution in [0.5, 0.6) is 5.75 Å². The number of halogens is 1. The predicted molar refractivity (Wildman–Crippen MR) is 38.6 cm³/mol. The highest BCUT2D eigenvalue weighted by Crippen LogP contribution is 2.27. The minimum Gasteiger partial charge on any atom is -0.508 e. The highest BCUT2D eigenvalue weighted by atomic mass is 35.5. The molecule has 0 aliphatic carbocycles. The van der Waals surface area contributed by atoms with Crippen LogP contribution in [-0.2, 0) is 0 Å². The molecule has 0 aliphatic heterocycles. The van der Waals surface area contributed by atoms with Gasteiger partial charge < -0.3 is 5.11 Å². The molecule has 3 nitrogen and oxygen atoms in total. The van der Waals surface area contributed by atoms with Crippen molar-refractivity contribution >= 4 is 17.3 Å². The SMILES string of the molecule is O=Nc1cc(O)ccc1Cl. The van der Waals surface area contributed by atoms with Crippen LogP contribution in [0.3, 0.4) is 0 Å². The van der Waals surface area contributed by atoms with Crippen LogP contribution in [-0.4, -0.2) is 5.11 Å². The molecule has 1 aromatic rings. The van der Waals surface area contributed by atoms with Crippen molar-refractivity contribution in [1.82, 2.24) is 0 Å². The molecule has 52 valence electrons. The van der Waals surface area contributed by atoms with Crippen LogP contribution in [0.4, 0.5) is 5.69 Å². The lowest BCUT2D eigenvalue weighted by molar-refractivity contribution is 0.475. The molecule has 0 bridgehead atoms. The van der Waals surface area contributed by atoms with Gasteiger partial charge in [-0.15, -0.1) is 4.91 Å². The van der Waals surface area contributed by atoms with E-state index in [0.29, 0.717) is 0 Å². The number of hydrogen-bond donors (Lipinski definition) is 1. The van der Waals surface area contributed by atoms with E-state index in [2.05, 4.69) is 5.18 Å². The van der Waals surface area contributed by atoms with Gasteiger partial charge in [0.2, 0.25) is 0 Å². The van der Waals surface area contributed by atoms with E-state index >= 15 is 0 Å². The summed E-state index contributed by atoms with van der Waals surface area (Å²) in [7, 11) is 0. The molecule has 0 radical (unpaired) electrons. The average Bonchev–Trinajstić information content (AvgIpc) is 1.94. The summed E-state index contributed by atoms with van der Waals surface area (Å²) in [4.78, 5) is 9.93. The Morgan fingerprint density at radius 3 is 2.70 bits per heavy atom. The van der Waals surface area contributed by atoms with Crippen molar-refractivity contribution in [2.45, 2.75) is 0 Å². The first kappa shape index (κ1) is 7.02. The topological polar surface area (TPSA) is 49.7 Å². The molecule has 0 amide bonds. The van der Waals surface area contributed by atoms with Gasteiger partial charge in [0, 0.05) is 6.07 Å². The largest absolute Gasteiger partial charge is 0.508 e. The summed E-state index contributed by atoms with van der Waals surface area (Å²) in [6.45, 7) is 0. The van der Waals surface area contributed by atoms with Crippen molar-refractivity contribution < 1.29 is 5.11 Å². The van der Waals surface area contributed by atoms with Crippen LogP contribution in [0.2, 0.25) is 5.02 Å². The number of phenolic OH excluding ortho intramolecular Hbond substituents is 1. The molecule has 1 rings (SSSR count). The summed E-state index contributed by atoms with van der Waals surface area (Å²) in [6.07, 6.45) is 0. The molecule has 10 heavy (non-hydrogen) atoms. The number of hydrogen-bond acceptors (Lipinski definition) is 3. The van der Waals surface area contributed by atoms with Crippen molar-refractivity contribution in [3.05, 3.63) is 28.1 Å². The quantitative estimate of drug-likeness (QED) is 0.637. The Kier molecular flexibility index (Phi) is 1.87. The van der Waals surface area contributed by atoms with E-state index in [-0.39, 0.29) is 16.5 Å². The smallest absolute Gasteiger partial charge is 0.130 e. The molecular formula is C6H4ClNO2. The van der Waals surface area contributed by atoms with E-state index < -0.39 is 0 Å². The lowest BCUT2D eigenvalue weighted by atomic mass is 10.3. The van der Waals surface area contributed by atoms with Crippen LogP contribution >= 0.6 is 11.6 Å². The molecule has 0 saturated carbocycles. The molecule has 4 heteroatoms. The van der Waals surface area contributed by atoms with Crippen molar-refractivity contribution in [3.8, 4) is 5.75 Å². The molecule has 0 aliphatic rings. The fourth-order valence-electron chi connectivity index (χ4n) is 0.571. The van der Waals surface area contributed by atoms with Crippen LogP contribution in [0, 0.1) is 4.91 Å². The second-order valence-corrected chi connectivity index (χ2v) is 2.13. The summed E-state index contributed by atoms with van der Waals surface area (Å²) in [6, 6.07) is 4.00. The minimum absolute atomic E-state index is 0.0148. The Bertz CT molecular complexity index is 262. The zero-order chi connectivity index (χ0) is 7.56. The number of aromatic hydroxyl groups is 1. The monoisotopic (exact) mass is 157 g/mol. The molecule has 0 unspecified atom stereocenters. The van der Waals surface area contributed by atoms with Crippen LogP contribution < -0.4 is 0 Å². The van der Waals surface area contributed by atoms with Gasteiger partial charge >= 0.3 is 0 Å². The number of rotatable bonds is 1. The van der Waals surface area contributed by atoms with Gasteiger partial charge in [0.25, 0.3) is 0 Å². The Morgan fingerprint density at radius 2 is 2.20 bits per heavy atom. The van der Waals surface area contributed by atoms with E-state index in [9.17, 15) is 4.91 Å². The summed E-state index contributed by atoms with van der Waals surface area (Å²) in [5.74, 6) is -0.0148. The molecule has 0 saturated heterocycles. The fourth-order valence-corrected chi connectivity index (χ4v) is 0.723. The zero-order valence-corrected chi connectivity index (χ0v) is 5.67. The van der Waals surface area contributed by atoms with Gasteiger partial charge in [-0.25, -0.2) is 0 Å². The first-order valence-corrected chi connectivity index (χ1v) is 2.93. The van der Waals surface area contributed by atoms with E-state index in [0.717, 1.165) is 0 Å². The lowest BCUT2D eigenvalue weighted by Crippen LogP contribution is -1.66. The summed E-state index contributed by atoms with van der Waals surface area (Å²) < 4.78 is 0. The highest BCUT2D eigenvalue weighted by molar-refractivity contribution is 6.33. The van der Waals surface area contributed by atoms with Crippen LogP contribution in [0.15, 0.2) is 23.4 Å². The van der Waals surface area contributed by atoms with Gasteiger partial charge in [-0.3, -0.25) is 0 Å². The molecule has 0 aromatic heterocycles. The maximum Gasteiger partial charge on any atom is 0.130 e. The molecule has 1 N–H and O–H groups in total. The van der Waals surface area contributed by atoms with E-state index in [1.165, 1.54) is 18.2 Å². The maximum absolute atomic E-state index is 9.93. The Labute approximate surface area is 62.2 Å². The Balaban J connectivity index is 3.21. The first-order chi connectivity index (χ1) is 4.74. The molecule has 0 spiro atoms.